The monoisotopic (exact) mass is 261 g/mol. The Morgan fingerprint density at radius 2 is 2.17 bits per heavy atom. The van der Waals surface area contributed by atoms with Crippen LogP contribution in [0.4, 0.5) is 18.9 Å². The third-order valence-electron chi connectivity index (χ3n) is 2.79. The number of alkyl halides is 3. The van der Waals surface area contributed by atoms with Crippen LogP contribution in [0.3, 0.4) is 0 Å². The van der Waals surface area contributed by atoms with Crippen molar-refractivity contribution in [3.8, 4) is 5.75 Å². The van der Waals surface area contributed by atoms with Gasteiger partial charge in [-0.25, -0.2) is 0 Å². The molecule has 0 amide bonds. The van der Waals surface area contributed by atoms with Crippen LogP contribution in [0.2, 0.25) is 0 Å². The summed E-state index contributed by atoms with van der Waals surface area (Å²) in [6.07, 6.45) is -2.66. The van der Waals surface area contributed by atoms with Gasteiger partial charge in [-0.1, -0.05) is 0 Å². The fourth-order valence-electron chi connectivity index (χ4n) is 1.84. The quantitative estimate of drug-likeness (QED) is 0.851. The summed E-state index contributed by atoms with van der Waals surface area (Å²) in [6.45, 7) is 0.949. The number of nitrogens with two attached hydrogens (primary N) is 1. The van der Waals surface area contributed by atoms with Crippen molar-refractivity contribution in [2.75, 3.05) is 18.9 Å². The zero-order valence-corrected chi connectivity index (χ0v) is 9.67. The van der Waals surface area contributed by atoms with E-state index < -0.39 is 11.7 Å². The first-order chi connectivity index (χ1) is 8.47. The van der Waals surface area contributed by atoms with Crippen LogP contribution in [0.25, 0.3) is 0 Å². The zero-order valence-electron chi connectivity index (χ0n) is 9.67. The van der Waals surface area contributed by atoms with Crippen molar-refractivity contribution in [3.63, 3.8) is 0 Å². The number of halogens is 3. The highest BCUT2D eigenvalue weighted by Crippen LogP contribution is 2.35. The Hall–Kier alpha value is -1.43. The van der Waals surface area contributed by atoms with Crippen LogP contribution in [0.5, 0.6) is 5.75 Å². The van der Waals surface area contributed by atoms with Crippen molar-refractivity contribution in [3.05, 3.63) is 23.8 Å². The topological polar surface area (TPSA) is 44.5 Å². The molecule has 100 valence electrons. The fraction of sp³-hybridized carbons (Fsp3) is 0.500. The van der Waals surface area contributed by atoms with Gasteiger partial charge in [0.05, 0.1) is 11.7 Å². The molecule has 1 aliphatic rings. The molecular formula is C12H14F3NO2. The maximum Gasteiger partial charge on any atom is 0.418 e. The van der Waals surface area contributed by atoms with E-state index in [1.165, 1.54) is 12.1 Å². The van der Waals surface area contributed by atoms with E-state index in [0.29, 0.717) is 6.61 Å². The molecule has 1 aromatic rings. The van der Waals surface area contributed by atoms with E-state index in [9.17, 15) is 13.2 Å². The van der Waals surface area contributed by atoms with Crippen molar-refractivity contribution in [2.45, 2.75) is 25.1 Å². The number of hydrogen-bond acceptors (Lipinski definition) is 3. The van der Waals surface area contributed by atoms with Gasteiger partial charge in [0, 0.05) is 12.3 Å². The first kappa shape index (κ1) is 13.0. The molecule has 1 aliphatic heterocycles. The minimum Gasteiger partial charge on any atom is -0.491 e. The van der Waals surface area contributed by atoms with Gasteiger partial charge in [0.1, 0.15) is 12.4 Å². The lowest BCUT2D eigenvalue weighted by atomic mass is 10.1. The number of nitrogen functional groups attached to an aromatic ring is 1. The van der Waals surface area contributed by atoms with E-state index in [1.807, 2.05) is 0 Å². The Bertz CT molecular complexity index is 414. The van der Waals surface area contributed by atoms with Gasteiger partial charge >= 0.3 is 6.18 Å². The molecule has 6 heteroatoms. The molecule has 1 aromatic carbocycles. The average Bonchev–Trinajstić information content (AvgIpc) is 2.79. The van der Waals surface area contributed by atoms with E-state index in [1.54, 1.807) is 0 Å². The Labute approximate surface area is 103 Å². The number of anilines is 1. The van der Waals surface area contributed by atoms with Crippen LogP contribution in [0.1, 0.15) is 18.4 Å². The average molecular weight is 261 g/mol. The van der Waals surface area contributed by atoms with Crippen LogP contribution in [0.15, 0.2) is 18.2 Å². The predicted octanol–water partition coefficient (Wildman–Crippen LogP) is 2.85. The van der Waals surface area contributed by atoms with E-state index in [2.05, 4.69) is 0 Å². The normalized spacial score (nSPS) is 20.1. The summed E-state index contributed by atoms with van der Waals surface area (Å²) in [4.78, 5) is 0. The highest BCUT2D eigenvalue weighted by Gasteiger charge is 2.33. The molecular weight excluding hydrogens is 247 g/mol. The molecule has 0 unspecified atom stereocenters. The molecule has 18 heavy (non-hydrogen) atoms. The van der Waals surface area contributed by atoms with Gasteiger partial charge in [-0.05, 0) is 31.0 Å². The minimum atomic E-state index is -4.46. The smallest absolute Gasteiger partial charge is 0.418 e. The highest BCUT2D eigenvalue weighted by atomic mass is 19.4. The number of ether oxygens (including phenoxy) is 2. The summed E-state index contributed by atoms with van der Waals surface area (Å²) in [6, 6.07) is 3.55. The van der Waals surface area contributed by atoms with Gasteiger partial charge in [-0.15, -0.1) is 0 Å². The van der Waals surface area contributed by atoms with Crippen LogP contribution < -0.4 is 10.5 Å². The second kappa shape index (κ2) is 5.06. The maximum atomic E-state index is 12.6. The molecule has 0 spiro atoms. The summed E-state index contributed by atoms with van der Waals surface area (Å²) in [5, 5.41) is 0. The molecule has 0 saturated carbocycles. The van der Waals surface area contributed by atoms with Crippen molar-refractivity contribution in [1.82, 2.24) is 0 Å². The van der Waals surface area contributed by atoms with Crippen LogP contribution >= 0.6 is 0 Å². The zero-order chi connectivity index (χ0) is 13.2. The highest BCUT2D eigenvalue weighted by molar-refractivity contribution is 5.51. The fourth-order valence-corrected chi connectivity index (χ4v) is 1.84. The van der Waals surface area contributed by atoms with Gasteiger partial charge in [0.25, 0.3) is 0 Å². The van der Waals surface area contributed by atoms with Gasteiger partial charge in [-0.2, -0.15) is 13.2 Å². The lowest BCUT2D eigenvalue weighted by Crippen LogP contribution is -2.17. The summed E-state index contributed by atoms with van der Waals surface area (Å²) < 4.78 is 48.5. The first-order valence-electron chi connectivity index (χ1n) is 5.68. The van der Waals surface area contributed by atoms with Gasteiger partial charge in [0.2, 0.25) is 0 Å². The molecule has 2 rings (SSSR count). The second-order valence-electron chi connectivity index (χ2n) is 4.19. The lowest BCUT2D eigenvalue weighted by molar-refractivity contribution is -0.137. The molecule has 1 heterocycles. The number of rotatable bonds is 3. The number of hydrogen-bond donors (Lipinski definition) is 1. The first-order valence-corrected chi connectivity index (χ1v) is 5.68. The molecule has 0 aromatic heterocycles. The molecule has 1 fully saturated rings. The molecule has 0 bridgehead atoms. The molecule has 2 N–H and O–H groups in total. The molecule has 1 atom stereocenters. The van der Waals surface area contributed by atoms with Crippen LogP contribution in [-0.2, 0) is 10.9 Å². The van der Waals surface area contributed by atoms with Crippen LogP contribution in [0, 0.1) is 0 Å². The van der Waals surface area contributed by atoms with E-state index in [4.69, 9.17) is 15.2 Å². The molecule has 0 aliphatic carbocycles. The second-order valence-corrected chi connectivity index (χ2v) is 4.19. The largest absolute Gasteiger partial charge is 0.491 e. The standard InChI is InChI=1S/C12H14F3NO2/c13-12(14,15)10-6-8(3-4-11(10)16)18-7-9-2-1-5-17-9/h3-4,6,9H,1-2,5,7,16H2/t9-/m1/s1. The summed E-state index contributed by atoms with van der Waals surface area (Å²) in [5.41, 5.74) is 4.13. The van der Waals surface area contributed by atoms with E-state index in [0.717, 1.165) is 18.9 Å². The summed E-state index contributed by atoms with van der Waals surface area (Å²) >= 11 is 0. The third kappa shape index (κ3) is 3.07. The van der Waals surface area contributed by atoms with E-state index in [-0.39, 0.29) is 24.1 Å². The molecule has 3 nitrogen and oxygen atoms in total. The minimum absolute atomic E-state index is 0.0307. The Morgan fingerprint density at radius 3 is 2.78 bits per heavy atom. The third-order valence-corrected chi connectivity index (χ3v) is 2.79. The predicted molar refractivity (Wildman–Crippen MR) is 60.3 cm³/mol. The Kier molecular flexibility index (Phi) is 3.65. The number of benzene rings is 1. The van der Waals surface area contributed by atoms with E-state index >= 15 is 0 Å². The Morgan fingerprint density at radius 1 is 1.39 bits per heavy atom. The van der Waals surface area contributed by atoms with Gasteiger partial charge < -0.3 is 15.2 Å². The Balaban J connectivity index is 2.04. The summed E-state index contributed by atoms with van der Waals surface area (Å²) in [5.74, 6) is 0.159. The van der Waals surface area contributed by atoms with Crippen molar-refractivity contribution < 1.29 is 22.6 Å². The summed E-state index contributed by atoms with van der Waals surface area (Å²) in [7, 11) is 0. The van der Waals surface area contributed by atoms with Crippen LogP contribution in [-0.4, -0.2) is 19.3 Å². The van der Waals surface area contributed by atoms with Crippen molar-refractivity contribution >= 4 is 5.69 Å². The van der Waals surface area contributed by atoms with Gasteiger partial charge in [0.15, 0.2) is 0 Å². The lowest BCUT2D eigenvalue weighted by Gasteiger charge is -2.14. The van der Waals surface area contributed by atoms with Gasteiger partial charge in [-0.3, -0.25) is 0 Å². The molecule has 1 saturated heterocycles. The van der Waals surface area contributed by atoms with Crippen molar-refractivity contribution in [1.29, 1.82) is 0 Å². The van der Waals surface area contributed by atoms with Crippen molar-refractivity contribution in [2.24, 2.45) is 0 Å². The SMILES string of the molecule is Nc1ccc(OC[C@H]2CCCO2)cc1C(F)(F)F. The molecule has 0 radical (unpaired) electrons. The maximum absolute atomic E-state index is 12.6.